The molecular weight excluding hydrogens is 200 g/mol. The highest BCUT2D eigenvalue weighted by molar-refractivity contribution is 4.99. The predicted octanol–water partition coefficient (Wildman–Crippen LogP) is 2.99. The molecule has 0 radical (unpaired) electrons. The summed E-state index contributed by atoms with van der Waals surface area (Å²) >= 11 is 0. The Hall–Kier alpha value is -0.0800. The third-order valence-electron chi connectivity index (χ3n) is 4.81. The quantitative estimate of drug-likeness (QED) is 0.801. The molecule has 0 heterocycles. The van der Waals surface area contributed by atoms with Crippen molar-refractivity contribution < 1.29 is 9.84 Å². The van der Waals surface area contributed by atoms with Crippen LogP contribution in [-0.4, -0.2) is 23.9 Å². The van der Waals surface area contributed by atoms with Crippen molar-refractivity contribution in [1.82, 2.24) is 0 Å². The number of methoxy groups -OCH3 is 1. The van der Waals surface area contributed by atoms with Crippen molar-refractivity contribution in [2.75, 3.05) is 7.11 Å². The minimum atomic E-state index is -0.239. The molecule has 2 rings (SSSR count). The summed E-state index contributed by atoms with van der Waals surface area (Å²) in [4.78, 5) is 0. The van der Waals surface area contributed by atoms with Crippen molar-refractivity contribution in [2.45, 2.75) is 64.1 Å². The van der Waals surface area contributed by atoms with E-state index in [4.69, 9.17) is 4.74 Å². The summed E-state index contributed by atoms with van der Waals surface area (Å²) in [6.07, 6.45) is 6.74. The number of aliphatic hydroxyl groups excluding tert-OH is 1. The molecule has 0 amide bonds. The van der Waals surface area contributed by atoms with Crippen LogP contribution in [0.15, 0.2) is 0 Å². The molecule has 2 fully saturated rings. The summed E-state index contributed by atoms with van der Waals surface area (Å²) in [6, 6.07) is 0. The highest BCUT2D eigenvalue weighted by Crippen LogP contribution is 2.45. The first-order valence-electron chi connectivity index (χ1n) is 6.80. The normalized spacial score (nSPS) is 40.1. The average molecular weight is 226 g/mol. The second-order valence-corrected chi connectivity index (χ2v) is 6.24. The Bertz CT molecular complexity index is 219. The van der Waals surface area contributed by atoms with Crippen LogP contribution in [0.25, 0.3) is 0 Å². The van der Waals surface area contributed by atoms with Gasteiger partial charge in [-0.3, -0.25) is 0 Å². The van der Waals surface area contributed by atoms with Gasteiger partial charge in [-0.1, -0.05) is 13.8 Å². The van der Waals surface area contributed by atoms with E-state index >= 15 is 0 Å². The summed E-state index contributed by atoms with van der Waals surface area (Å²) in [5.41, 5.74) is -0.193. The summed E-state index contributed by atoms with van der Waals surface area (Å²) in [5, 5.41) is 10.6. The van der Waals surface area contributed by atoms with Crippen LogP contribution in [0, 0.1) is 17.8 Å². The third kappa shape index (κ3) is 2.14. The van der Waals surface area contributed by atoms with Crippen molar-refractivity contribution in [1.29, 1.82) is 0 Å². The molecule has 2 heteroatoms. The molecule has 2 nitrogen and oxygen atoms in total. The molecule has 0 bridgehead atoms. The minimum Gasteiger partial charge on any atom is -0.390 e. The largest absolute Gasteiger partial charge is 0.390 e. The van der Waals surface area contributed by atoms with Gasteiger partial charge in [0, 0.05) is 7.11 Å². The zero-order chi connectivity index (χ0) is 11.8. The summed E-state index contributed by atoms with van der Waals surface area (Å²) in [5.74, 6) is 1.98. The van der Waals surface area contributed by atoms with Crippen LogP contribution in [0.4, 0.5) is 0 Å². The third-order valence-corrected chi connectivity index (χ3v) is 4.81. The van der Waals surface area contributed by atoms with E-state index in [-0.39, 0.29) is 11.7 Å². The highest BCUT2D eigenvalue weighted by atomic mass is 16.5. The Balaban J connectivity index is 2.00. The van der Waals surface area contributed by atoms with Crippen LogP contribution in [0.3, 0.4) is 0 Å². The van der Waals surface area contributed by atoms with Crippen LogP contribution in [0.5, 0.6) is 0 Å². The Labute approximate surface area is 99.4 Å². The van der Waals surface area contributed by atoms with Gasteiger partial charge in [-0.2, -0.15) is 0 Å². The van der Waals surface area contributed by atoms with Crippen LogP contribution >= 0.6 is 0 Å². The van der Waals surface area contributed by atoms with E-state index in [1.807, 2.05) is 0 Å². The maximum atomic E-state index is 10.6. The van der Waals surface area contributed by atoms with Crippen molar-refractivity contribution in [2.24, 2.45) is 17.8 Å². The van der Waals surface area contributed by atoms with Gasteiger partial charge in [-0.15, -0.1) is 0 Å². The number of rotatable bonds is 3. The number of hydrogen-bond acceptors (Lipinski definition) is 2. The van der Waals surface area contributed by atoms with E-state index in [1.54, 1.807) is 7.11 Å². The van der Waals surface area contributed by atoms with E-state index in [9.17, 15) is 5.11 Å². The lowest BCUT2D eigenvalue weighted by Crippen LogP contribution is -2.54. The average Bonchev–Trinajstić information content (AvgIpc) is 2.15. The lowest BCUT2D eigenvalue weighted by molar-refractivity contribution is -0.173. The van der Waals surface area contributed by atoms with E-state index in [0.717, 1.165) is 24.7 Å². The number of aliphatic hydroxyl groups is 1. The summed E-state index contributed by atoms with van der Waals surface area (Å²) < 4.78 is 5.61. The summed E-state index contributed by atoms with van der Waals surface area (Å²) in [6.45, 7) is 4.63. The minimum absolute atomic E-state index is 0.193. The Morgan fingerprint density at radius 3 is 2.06 bits per heavy atom. The molecule has 0 saturated heterocycles. The number of ether oxygens (including phenoxy) is 1. The molecule has 3 atom stereocenters. The molecule has 0 aromatic rings. The molecule has 94 valence electrons. The van der Waals surface area contributed by atoms with Gasteiger partial charge in [-0.05, 0) is 56.3 Å². The van der Waals surface area contributed by atoms with Gasteiger partial charge < -0.3 is 9.84 Å². The second kappa shape index (κ2) is 4.66. The Morgan fingerprint density at radius 1 is 1.12 bits per heavy atom. The monoisotopic (exact) mass is 226 g/mol. The Morgan fingerprint density at radius 2 is 1.69 bits per heavy atom. The van der Waals surface area contributed by atoms with Gasteiger partial charge >= 0.3 is 0 Å². The van der Waals surface area contributed by atoms with Crippen molar-refractivity contribution in [3.05, 3.63) is 0 Å². The Kier molecular flexibility index (Phi) is 3.60. The second-order valence-electron chi connectivity index (χ2n) is 6.24. The molecule has 0 aromatic carbocycles. The number of hydrogen-bond donors (Lipinski definition) is 1. The fourth-order valence-electron chi connectivity index (χ4n) is 3.84. The summed E-state index contributed by atoms with van der Waals surface area (Å²) in [7, 11) is 1.76. The van der Waals surface area contributed by atoms with E-state index < -0.39 is 0 Å². The molecular formula is C14H26O2. The van der Waals surface area contributed by atoms with Gasteiger partial charge in [0.25, 0.3) is 0 Å². The van der Waals surface area contributed by atoms with Crippen LogP contribution in [0.2, 0.25) is 0 Å². The first kappa shape index (κ1) is 12.4. The first-order chi connectivity index (χ1) is 7.57. The van der Waals surface area contributed by atoms with Gasteiger partial charge in [0.2, 0.25) is 0 Å². The van der Waals surface area contributed by atoms with E-state index in [2.05, 4.69) is 13.8 Å². The lowest BCUT2D eigenvalue weighted by Gasteiger charge is -2.48. The molecule has 2 aliphatic rings. The molecule has 3 unspecified atom stereocenters. The van der Waals surface area contributed by atoms with Gasteiger partial charge in [-0.25, -0.2) is 0 Å². The van der Waals surface area contributed by atoms with Crippen molar-refractivity contribution in [3.8, 4) is 0 Å². The van der Waals surface area contributed by atoms with Gasteiger partial charge in [0.1, 0.15) is 0 Å². The van der Waals surface area contributed by atoms with Crippen LogP contribution < -0.4 is 0 Å². The standard InChI is InChI=1S/C14H26O2/c1-10-7-11(2)9-12(8-10)13(15)14(16-3)5-4-6-14/h10-13,15H,4-9H2,1-3H3. The van der Waals surface area contributed by atoms with E-state index in [0.29, 0.717) is 5.92 Å². The predicted molar refractivity (Wildman–Crippen MR) is 65.3 cm³/mol. The fourth-order valence-corrected chi connectivity index (χ4v) is 3.84. The molecule has 16 heavy (non-hydrogen) atoms. The zero-order valence-corrected chi connectivity index (χ0v) is 10.9. The van der Waals surface area contributed by atoms with Gasteiger partial charge in [0.15, 0.2) is 0 Å². The molecule has 0 aliphatic heterocycles. The van der Waals surface area contributed by atoms with Crippen LogP contribution in [-0.2, 0) is 4.74 Å². The lowest BCUT2D eigenvalue weighted by atomic mass is 9.66. The van der Waals surface area contributed by atoms with Gasteiger partial charge in [0.05, 0.1) is 11.7 Å². The molecule has 0 spiro atoms. The maximum Gasteiger partial charge on any atom is 0.0939 e. The van der Waals surface area contributed by atoms with Crippen molar-refractivity contribution >= 4 is 0 Å². The first-order valence-corrected chi connectivity index (χ1v) is 6.80. The fraction of sp³-hybridized carbons (Fsp3) is 1.00. The molecule has 2 aliphatic carbocycles. The van der Waals surface area contributed by atoms with E-state index in [1.165, 1.54) is 25.7 Å². The van der Waals surface area contributed by atoms with Crippen molar-refractivity contribution in [3.63, 3.8) is 0 Å². The highest BCUT2D eigenvalue weighted by Gasteiger charge is 2.47. The maximum absolute atomic E-state index is 10.6. The van der Waals surface area contributed by atoms with Crippen LogP contribution in [0.1, 0.15) is 52.4 Å². The molecule has 1 N–H and O–H groups in total. The smallest absolute Gasteiger partial charge is 0.0939 e. The topological polar surface area (TPSA) is 29.5 Å². The zero-order valence-electron chi connectivity index (χ0n) is 10.9. The molecule has 2 saturated carbocycles. The SMILES string of the molecule is COC1(C(O)C2CC(C)CC(C)C2)CCC1. The molecule has 0 aromatic heterocycles.